The second kappa shape index (κ2) is 5.76. The van der Waals surface area contributed by atoms with Crippen molar-refractivity contribution in [1.82, 2.24) is 0 Å². The molecule has 0 heterocycles. The first-order valence-electron chi connectivity index (χ1n) is 3.35. The van der Waals surface area contributed by atoms with Gasteiger partial charge in [0.05, 0.1) is 0 Å². The van der Waals surface area contributed by atoms with Gasteiger partial charge in [-0.25, -0.2) is 17.6 Å². The number of alkyl halides is 5. The highest BCUT2D eigenvalue weighted by Gasteiger charge is 2.38. The van der Waals surface area contributed by atoms with E-state index < -0.39 is 37.2 Å². The van der Waals surface area contributed by atoms with Crippen LogP contribution in [0.2, 0.25) is 0 Å². The topological polar surface area (TPSA) is 9.23 Å². The molecule has 90 valence electrons. The van der Waals surface area contributed by atoms with Crippen molar-refractivity contribution >= 4 is 0 Å². The van der Waals surface area contributed by atoms with Crippen LogP contribution in [0.5, 0.6) is 0 Å². The molecule has 1 nitrogen and oxygen atoms in total. The molecule has 0 radical (unpaired) electrons. The minimum atomic E-state index is -3.87. The third-order valence-electron chi connectivity index (χ3n) is 1.16. The first-order valence-corrected chi connectivity index (χ1v) is 3.35. The molecule has 0 bridgehead atoms. The molecule has 0 aromatic carbocycles. The number of ether oxygens (including phenoxy) is 1. The fourth-order valence-electron chi connectivity index (χ4n) is 0.492. The Balaban J connectivity index is 4.34. The van der Waals surface area contributed by atoms with Gasteiger partial charge in [0.2, 0.25) is 6.17 Å². The number of hydrogen-bond acceptors (Lipinski definition) is 1. The van der Waals surface area contributed by atoms with Gasteiger partial charge in [-0.1, -0.05) is 0 Å². The largest absolute Gasteiger partial charge is 0.429 e. The Bertz CT molecular complexity index is 225. The lowest BCUT2D eigenvalue weighted by molar-refractivity contribution is -0.121. The molecule has 0 aliphatic rings. The van der Waals surface area contributed by atoms with Crippen LogP contribution in [0.15, 0.2) is 12.1 Å². The second-order valence-electron chi connectivity index (χ2n) is 2.23. The molecule has 0 spiro atoms. The molecule has 0 aromatic heterocycles. The van der Waals surface area contributed by atoms with Gasteiger partial charge in [-0.15, -0.1) is 0 Å². The van der Waals surface area contributed by atoms with E-state index in [1.807, 2.05) is 0 Å². The minimum Gasteiger partial charge on any atom is -0.429 e. The summed E-state index contributed by atoms with van der Waals surface area (Å²) < 4.78 is 96.7. The maximum Gasteiger partial charge on any atom is 0.342 e. The zero-order chi connectivity index (χ0) is 12.2. The molecule has 3 atom stereocenters. The monoisotopic (exact) mass is 244 g/mol. The first kappa shape index (κ1) is 14.0. The number of halogens is 8. The molecule has 0 aliphatic heterocycles. The van der Waals surface area contributed by atoms with Crippen LogP contribution in [0.4, 0.5) is 35.1 Å². The molecule has 0 rings (SSSR count). The van der Waals surface area contributed by atoms with Crippen molar-refractivity contribution in [2.24, 2.45) is 0 Å². The third kappa shape index (κ3) is 4.34. The molecule has 15 heavy (non-hydrogen) atoms. The van der Waals surface area contributed by atoms with Crippen LogP contribution in [-0.4, -0.2) is 25.1 Å². The zero-order valence-corrected chi connectivity index (χ0v) is 6.74. The minimum absolute atomic E-state index is 2.79. The van der Waals surface area contributed by atoms with E-state index in [-0.39, 0.29) is 0 Å². The maximum atomic E-state index is 12.3. The van der Waals surface area contributed by atoms with E-state index in [1.165, 1.54) is 0 Å². The van der Waals surface area contributed by atoms with Gasteiger partial charge < -0.3 is 4.74 Å². The lowest BCUT2D eigenvalue weighted by Crippen LogP contribution is -2.34. The molecule has 3 unspecified atom stereocenters. The van der Waals surface area contributed by atoms with Crippen molar-refractivity contribution in [3.63, 3.8) is 0 Å². The van der Waals surface area contributed by atoms with Gasteiger partial charge >= 0.3 is 12.1 Å². The normalized spacial score (nSPS) is 17.1. The summed E-state index contributed by atoms with van der Waals surface area (Å²) >= 11 is 0. The van der Waals surface area contributed by atoms with Crippen LogP contribution in [0.3, 0.4) is 0 Å². The highest BCUT2D eigenvalue weighted by atomic mass is 19.3. The van der Waals surface area contributed by atoms with E-state index >= 15 is 0 Å². The quantitative estimate of drug-likeness (QED) is 0.532. The van der Waals surface area contributed by atoms with Crippen LogP contribution in [-0.2, 0) is 4.74 Å². The van der Waals surface area contributed by atoms with E-state index in [4.69, 9.17) is 0 Å². The summed E-state index contributed by atoms with van der Waals surface area (Å²) in [6.07, 6.45) is -17.7. The van der Waals surface area contributed by atoms with Crippen LogP contribution < -0.4 is 0 Å². The summed E-state index contributed by atoms with van der Waals surface area (Å²) in [5.74, 6) is 0. The summed E-state index contributed by atoms with van der Waals surface area (Å²) in [6.45, 7) is 0. The van der Waals surface area contributed by atoms with Crippen molar-refractivity contribution < 1.29 is 39.9 Å². The van der Waals surface area contributed by atoms with Gasteiger partial charge in [-0.3, -0.25) is 0 Å². The second-order valence-corrected chi connectivity index (χ2v) is 2.23. The Kier molecular flexibility index (Phi) is 5.37. The lowest BCUT2D eigenvalue weighted by atomic mass is 10.2. The fraction of sp³-hybridized carbons (Fsp3) is 0.667. The van der Waals surface area contributed by atoms with Gasteiger partial charge in [0.15, 0.2) is 6.17 Å². The van der Waals surface area contributed by atoms with Crippen LogP contribution in [0.1, 0.15) is 0 Å². The Hall–Kier alpha value is -1.02. The molecule has 0 saturated carbocycles. The summed E-state index contributed by atoms with van der Waals surface area (Å²) in [6, 6.07) is -2.79. The smallest absolute Gasteiger partial charge is 0.342 e. The third-order valence-corrected chi connectivity index (χ3v) is 1.16. The van der Waals surface area contributed by atoms with Gasteiger partial charge in [0.1, 0.15) is 0 Å². The molecular weight excluding hydrogens is 240 g/mol. The number of rotatable bonds is 5. The van der Waals surface area contributed by atoms with Gasteiger partial charge in [0.25, 0.3) is 12.8 Å². The zero-order valence-electron chi connectivity index (χ0n) is 6.74. The highest BCUT2D eigenvalue weighted by molar-refractivity contribution is 4.83. The maximum absolute atomic E-state index is 12.3. The molecule has 0 fully saturated rings. The SMILES string of the molecule is FC(F)=C(F)OC(F)C(F)C(F)C(F)F. The Morgan fingerprint density at radius 2 is 1.27 bits per heavy atom. The van der Waals surface area contributed by atoms with Crippen LogP contribution >= 0.6 is 0 Å². The van der Waals surface area contributed by atoms with Crippen LogP contribution in [0, 0.1) is 0 Å². The van der Waals surface area contributed by atoms with Crippen LogP contribution in [0.25, 0.3) is 0 Å². The van der Waals surface area contributed by atoms with Crippen molar-refractivity contribution in [3.05, 3.63) is 12.1 Å². The predicted molar refractivity (Wildman–Crippen MR) is 32.1 cm³/mol. The van der Waals surface area contributed by atoms with E-state index in [1.54, 1.807) is 0 Å². The first-order chi connectivity index (χ1) is 6.77. The fourth-order valence-corrected chi connectivity index (χ4v) is 0.492. The molecule has 9 heteroatoms. The van der Waals surface area contributed by atoms with Crippen molar-refractivity contribution in [1.29, 1.82) is 0 Å². The van der Waals surface area contributed by atoms with Crippen molar-refractivity contribution in [3.8, 4) is 0 Å². The van der Waals surface area contributed by atoms with Gasteiger partial charge in [-0.2, -0.15) is 17.6 Å². The molecule has 0 aliphatic carbocycles. The van der Waals surface area contributed by atoms with Crippen molar-refractivity contribution in [2.45, 2.75) is 25.1 Å². The molecule has 0 amide bonds. The molecule has 0 saturated heterocycles. The Morgan fingerprint density at radius 1 is 0.800 bits per heavy atom. The summed E-state index contributed by atoms with van der Waals surface area (Å²) in [5, 5.41) is 0. The average molecular weight is 244 g/mol. The highest BCUT2D eigenvalue weighted by Crippen LogP contribution is 2.22. The molecule has 0 N–H and O–H groups in total. The number of hydrogen-bond donors (Lipinski definition) is 0. The predicted octanol–water partition coefficient (Wildman–Crippen LogP) is 3.28. The van der Waals surface area contributed by atoms with Gasteiger partial charge in [0, 0.05) is 0 Å². The molecule has 0 aromatic rings. The van der Waals surface area contributed by atoms with E-state index in [9.17, 15) is 35.1 Å². The Labute approximate surface area is 78.3 Å². The van der Waals surface area contributed by atoms with E-state index in [0.29, 0.717) is 0 Å². The molecular formula is C6H4F8O. The van der Waals surface area contributed by atoms with E-state index in [0.717, 1.165) is 0 Å². The van der Waals surface area contributed by atoms with Gasteiger partial charge in [-0.05, 0) is 0 Å². The summed E-state index contributed by atoms with van der Waals surface area (Å²) in [7, 11) is 0. The Morgan fingerprint density at radius 3 is 1.60 bits per heavy atom. The summed E-state index contributed by atoms with van der Waals surface area (Å²) in [5.41, 5.74) is 0. The van der Waals surface area contributed by atoms with Crippen molar-refractivity contribution in [2.75, 3.05) is 0 Å². The lowest BCUT2D eigenvalue weighted by Gasteiger charge is -2.16. The standard InChI is InChI=1S/C6H4F8O/c7-1(3(9)10)2(8)5(13)15-6(14)4(11)12/h1-3,5H. The summed E-state index contributed by atoms with van der Waals surface area (Å²) in [4.78, 5) is 0. The average Bonchev–Trinajstić information content (AvgIpc) is 2.14. The van der Waals surface area contributed by atoms with E-state index in [2.05, 4.69) is 4.74 Å².